The molecule has 1 aliphatic heterocycles. The SMILES string of the molecule is CCC(C)C(N)C(=O)NC(CC(C)C)C(=O)N1CCCC1C(=O)NC(Cc1ccc(O)cc1)C(=O)O. The summed E-state index contributed by atoms with van der Waals surface area (Å²) in [6.45, 7) is 8.04. The summed E-state index contributed by atoms with van der Waals surface area (Å²) < 4.78 is 0. The number of phenols is 1. The largest absolute Gasteiger partial charge is 0.508 e. The summed E-state index contributed by atoms with van der Waals surface area (Å²) in [6.07, 6.45) is 2.13. The Labute approximate surface area is 212 Å². The molecular formula is C26H40N4O6. The molecule has 0 aliphatic carbocycles. The highest BCUT2D eigenvalue weighted by atomic mass is 16.4. The number of carbonyl (C=O) groups excluding carboxylic acids is 3. The van der Waals surface area contributed by atoms with Gasteiger partial charge in [0.2, 0.25) is 17.7 Å². The predicted molar refractivity (Wildman–Crippen MR) is 135 cm³/mol. The average Bonchev–Trinajstić information content (AvgIpc) is 3.32. The molecule has 0 radical (unpaired) electrons. The van der Waals surface area contributed by atoms with Gasteiger partial charge in [0.15, 0.2) is 0 Å². The third kappa shape index (κ3) is 7.94. The van der Waals surface area contributed by atoms with Crippen molar-refractivity contribution in [3.05, 3.63) is 29.8 Å². The molecule has 10 nitrogen and oxygen atoms in total. The van der Waals surface area contributed by atoms with E-state index >= 15 is 0 Å². The lowest BCUT2D eigenvalue weighted by Crippen LogP contribution is -2.57. The number of phenolic OH excluding ortho intramolecular Hbond substituents is 1. The van der Waals surface area contributed by atoms with Crippen molar-refractivity contribution in [3.8, 4) is 5.75 Å². The Morgan fingerprint density at radius 1 is 1.08 bits per heavy atom. The van der Waals surface area contributed by atoms with E-state index in [9.17, 15) is 29.4 Å². The maximum Gasteiger partial charge on any atom is 0.326 e. The number of carboxylic acids is 1. The molecule has 5 unspecified atom stereocenters. The molecule has 0 saturated carbocycles. The third-order valence-electron chi connectivity index (χ3n) is 6.71. The van der Waals surface area contributed by atoms with Crippen LogP contribution >= 0.6 is 0 Å². The van der Waals surface area contributed by atoms with Gasteiger partial charge in [-0.05, 0) is 48.8 Å². The van der Waals surface area contributed by atoms with Crippen molar-refractivity contribution in [1.29, 1.82) is 0 Å². The van der Waals surface area contributed by atoms with E-state index in [4.69, 9.17) is 5.73 Å². The van der Waals surface area contributed by atoms with Gasteiger partial charge in [0.05, 0.1) is 6.04 Å². The molecule has 1 heterocycles. The highest BCUT2D eigenvalue weighted by Crippen LogP contribution is 2.21. The summed E-state index contributed by atoms with van der Waals surface area (Å²) in [4.78, 5) is 52.6. The fourth-order valence-electron chi connectivity index (χ4n) is 4.31. The van der Waals surface area contributed by atoms with Crippen molar-refractivity contribution in [2.75, 3.05) is 6.54 Å². The van der Waals surface area contributed by atoms with E-state index in [1.165, 1.54) is 17.0 Å². The second kappa shape index (κ2) is 13.2. The molecule has 10 heteroatoms. The molecule has 5 atom stereocenters. The molecule has 36 heavy (non-hydrogen) atoms. The standard InChI is InChI=1S/C26H40N4O6/c1-5-16(4)22(27)24(33)28-19(13-15(2)3)25(34)30-12-6-7-21(30)23(32)29-20(26(35)36)14-17-8-10-18(31)11-9-17/h8-11,15-16,19-22,31H,5-7,12-14,27H2,1-4H3,(H,28,33)(H,29,32)(H,35,36). The number of aromatic hydroxyl groups is 1. The van der Waals surface area contributed by atoms with E-state index in [2.05, 4.69) is 10.6 Å². The summed E-state index contributed by atoms with van der Waals surface area (Å²) >= 11 is 0. The first-order chi connectivity index (χ1) is 16.9. The number of nitrogens with zero attached hydrogens (tertiary/aromatic N) is 1. The minimum atomic E-state index is -1.20. The van der Waals surface area contributed by atoms with Gasteiger partial charge in [-0.25, -0.2) is 4.79 Å². The molecule has 0 bridgehead atoms. The van der Waals surface area contributed by atoms with E-state index in [0.717, 1.165) is 6.42 Å². The number of hydrogen-bond acceptors (Lipinski definition) is 6. The Hall–Kier alpha value is -3.14. The van der Waals surface area contributed by atoms with Crippen molar-refractivity contribution in [1.82, 2.24) is 15.5 Å². The van der Waals surface area contributed by atoms with Crippen LogP contribution in [0.3, 0.4) is 0 Å². The average molecular weight is 505 g/mol. The van der Waals surface area contributed by atoms with Crippen LogP contribution in [0.25, 0.3) is 0 Å². The van der Waals surface area contributed by atoms with Crippen LogP contribution in [-0.2, 0) is 25.6 Å². The summed E-state index contributed by atoms with van der Waals surface area (Å²) in [5.41, 5.74) is 6.70. The van der Waals surface area contributed by atoms with E-state index in [0.29, 0.717) is 31.4 Å². The quantitative estimate of drug-likeness (QED) is 0.287. The molecule has 6 N–H and O–H groups in total. The van der Waals surface area contributed by atoms with Crippen molar-refractivity contribution < 1.29 is 29.4 Å². The fourth-order valence-corrected chi connectivity index (χ4v) is 4.31. The van der Waals surface area contributed by atoms with E-state index in [1.54, 1.807) is 12.1 Å². The van der Waals surface area contributed by atoms with E-state index in [1.807, 2.05) is 27.7 Å². The van der Waals surface area contributed by atoms with Crippen molar-refractivity contribution in [2.45, 2.75) is 84.0 Å². The Bertz CT molecular complexity index is 920. The minimum Gasteiger partial charge on any atom is -0.508 e. The van der Waals surface area contributed by atoms with Gasteiger partial charge in [-0.3, -0.25) is 14.4 Å². The third-order valence-corrected chi connectivity index (χ3v) is 6.71. The maximum absolute atomic E-state index is 13.5. The second-order valence-corrected chi connectivity index (χ2v) is 10.1. The van der Waals surface area contributed by atoms with Gasteiger partial charge in [0, 0.05) is 13.0 Å². The summed E-state index contributed by atoms with van der Waals surface area (Å²) in [5.74, 6) is -2.39. The smallest absolute Gasteiger partial charge is 0.326 e. The van der Waals surface area contributed by atoms with Crippen molar-refractivity contribution in [2.24, 2.45) is 17.6 Å². The highest BCUT2D eigenvalue weighted by molar-refractivity contribution is 5.94. The molecule has 2 rings (SSSR count). The molecule has 1 saturated heterocycles. The van der Waals surface area contributed by atoms with Crippen LogP contribution in [-0.4, -0.2) is 69.5 Å². The minimum absolute atomic E-state index is 0.0293. The van der Waals surface area contributed by atoms with E-state index < -0.39 is 42.0 Å². The lowest BCUT2D eigenvalue weighted by molar-refractivity contribution is -0.145. The van der Waals surface area contributed by atoms with Crippen molar-refractivity contribution in [3.63, 3.8) is 0 Å². The van der Waals surface area contributed by atoms with E-state index in [-0.39, 0.29) is 29.9 Å². The number of rotatable bonds is 12. The zero-order valence-electron chi connectivity index (χ0n) is 21.6. The number of carboxylic acid groups (broad SMARTS) is 1. The number of carbonyl (C=O) groups is 4. The van der Waals surface area contributed by atoms with Crippen LogP contribution in [0.15, 0.2) is 24.3 Å². The molecular weight excluding hydrogens is 464 g/mol. The van der Waals surface area contributed by atoms with Gasteiger partial charge >= 0.3 is 5.97 Å². The highest BCUT2D eigenvalue weighted by Gasteiger charge is 2.39. The molecule has 1 aliphatic rings. The summed E-state index contributed by atoms with van der Waals surface area (Å²) in [7, 11) is 0. The van der Waals surface area contributed by atoms with Gasteiger partial charge in [0.25, 0.3) is 0 Å². The zero-order chi connectivity index (χ0) is 27.0. The molecule has 3 amide bonds. The summed E-state index contributed by atoms with van der Waals surface area (Å²) in [5, 5.41) is 24.5. The molecule has 0 spiro atoms. The second-order valence-electron chi connectivity index (χ2n) is 10.1. The lowest BCUT2D eigenvalue weighted by atomic mass is 9.97. The number of likely N-dealkylation sites (tertiary alicyclic amines) is 1. The lowest BCUT2D eigenvalue weighted by Gasteiger charge is -2.31. The number of benzene rings is 1. The molecule has 1 aromatic carbocycles. The molecule has 0 aromatic heterocycles. The Kier molecular flexibility index (Phi) is 10.7. The van der Waals surface area contributed by atoms with Crippen LogP contribution in [0.1, 0.15) is 58.9 Å². The van der Waals surface area contributed by atoms with Crippen LogP contribution < -0.4 is 16.4 Å². The maximum atomic E-state index is 13.5. The molecule has 1 aromatic rings. The monoisotopic (exact) mass is 504 g/mol. The number of nitrogens with two attached hydrogens (primary N) is 1. The zero-order valence-corrected chi connectivity index (χ0v) is 21.6. The predicted octanol–water partition coefficient (Wildman–Crippen LogP) is 1.40. The molecule has 1 fully saturated rings. The molecule has 200 valence electrons. The number of nitrogens with one attached hydrogen (secondary N) is 2. The normalized spacial score (nSPS) is 18.8. The van der Waals surface area contributed by atoms with Crippen LogP contribution in [0, 0.1) is 11.8 Å². The Balaban J connectivity index is 2.13. The topological polar surface area (TPSA) is 162 Å². The van der Waals surface area contributed by atoms with Gasteiger partial charge in [-0.15, -0.1) is 0 Å². The first-order valence-corrected chi connectivity index (χ1v) is 12.6. The Morgan fingerprint density at radius 2 is 1.72 bits per heavy atom. The first-order valence-electron chi connectivity index (χ1n) is 12.6. The number of aliphatic carboxylic acids is 1. The van der Waals surface area contributed by atoms with Crippen LogP contribution in [0.5, 0.6) is 5.75 Å². The summed E-state index contributed by atoms with van der Waals surface area (Å²) in [6, 6.07) is 2.49. The first kappa shape index (κ1) is 29.1. The van der Waals surface area contributed by atoms with Gasteiger partial charge < -0.3 is 31.5 Å². The van der Waals surface area contributed by atoms with Crippen molar-refractivity contribution >= 4 is 23.7 Å². The van der Waals surface area contributed by atoms with Gasteiger partial charge in [0.1, 0.15) is 23.9 Å². The Morgan fingerprint density at radius 3 is 2.28 bits per heavy atom. The van der Waals surface area contributed by atoms with Crippen LogP contribution in [0.2, 0.25) is 0 Å². The number of hydrogen-bond donors (Lipinski definition) is 5. The fraction of sp³-hybridized carbons (Fsp3) is 0.615. The number of amides is 3. The van der Waals surface area contributed by atoms with Crippen LogP contribution in [0.4, 0.5) is 0 Å². The van der Waals surface area contributed by atoms with Gasteiger partial charge in [-0.1, -0.05) is 46.2 Å². The van der Waals surface area contributed by atoms with Gasteiger partial charge in [-0.2, -0.15) is 0 Å².